The van der Waals surface area contributed by atoms with Crippen LogP contribution in [-0.2, 0) is 14.3 Å². The maximum absolute atomic E-state index is 14.0. The molecular formula is C23H26BrFN2O4. The Labute approximate surface area is 189 Å². The van der Waals surface area contributed by atoms with E-state index in [0.29, 0.717) is 16.8 Å². The molecule has 1 aliphatic rings. The Kier molecular flexibility index (Phi) is 8.03. The van der Waals surface area contributed by atoms with Crippen molar-refractivity contribution in [3.05, 3.63) is 57.8 Å². The molecule has 2 amide bonds. The van der Waals surface area contributed by atoms with Gasteiger partial charge in [-0.1, -0.05) is 28.1 Å². The number of rotatable bonds is 8. The van der Waals surface area contributed by atoms with Crippen LogP contribution in [0.15, 0.2) is 40.9 Å². The maximum atomic E-state index is 14.0. The summed E-state index contributed by atoms with van der Waals surface area (Å²) in [6, 6.07) is 10.0. The highest BCUT2D eigenvalue weighted by Gasteiger charge is 2.25. The molecule has 1 N–H and O–H groups in total. The van der Waals surface area contributed by atoms with E-state index < -0.39 is 11.7 Å². The summed E-state index contributed by atoms with van der Waals surface area (Å²) in [6.45, 7) is 4.31. The van der Waals surface area contributed by atoms with Crippen LogP contribution in [0.2, 0.25) is 0 Å². The van der Waals surface area contributed by atoms with Crippen molar-refractivity contribution in [3.8, 4) is 5.75 Å². The zero-order valence-corrected chi connectivity index (χ0v) is 19.2. The van der Waals surface area contributed by atoms with Gasteiger partial charge in [0.25, 0.3) is 5.91 Å². The monoisotopic (exact) mass is 492 g/mol. The van der Waals surface area contributed by atoms with E-state index in [4.69, 9.17) is 9.47 Å². The number of benzene rings is 2. The topological polar surface area (TPSA) is 67.9 Å². The minimum absolute atomic E-state index is 0.0200. The Hall–Kier alpha value is -2.45. The zero-order chi connectivity index (χ0) is 22.4. The molecule has 8 heteroatoms. The van der Waals surface area contributed by atoms with Gasteiger partial charge in [0.1, 0.15) is 6.54 Å². The number of halogens is 2. The van der Waals surface area contributed by atoms with E-state index in [9.17, 15) is 14.0 Å². The Morgan fingerprint density at radius 2 is 2.10 bits per heavy atom. The number of ether oxygens (including phenoxy) is 2. The third kappa shape index (κ3) is 6.51. The minimum Gasteiger partial charge on any atom is -0.481 e. The predicted octanol–water partition coefficient (Wildman–Crippen LogP) is 4.23. The molecular weight excluding hydrogens is 467 g/mol. The van der Waals surface area contributed by atoms with E-state index in [0.717, 1.165) is 24.0 Å². The van der Waals surface area contributed by atoms with Gasteiger partial charge in [0.15, 0.2) is 18.2 Å². The minimum atomic E-state index is -0.569. The maximum Gasteiger partial charge on any atom is 0.261 e. The summed E-state index contributed by atoms with van der Waals surface area (Å²) < 4.78 is 25.6. The second-order valence-corrected chi connectivity index (χ2v) is 8.48. The summed E-state index contributed by atoms with van der Waals surface area (Å²) in [5.74, 6) is -1.31. The van der Waals surface area contributed by atoms with E-state index in [1.54, 1.807) is 6.07 Å². The highest BCUT2D eigenvalue weighted by Crippen LogP contribution is 2.22. The van der Waals surface area contributed by atoms with Crippen molar-refractivity contribution in [2.75, 3.05) is 31.6 Å². The second kappa shape index (κ2) is 10.7. The van der Waals surface area contributed by atoms with Gasteiger partial charge < -0.3 is 19.7 Å². The van der Waals surface area contributed by atoms with Crippen LogP contribution in [0, 0.1) is 19.7 Å². The summed E-state index contributed by atoms with van der Waals surface area (Å²) >= 11 is 3.18. The summed E-state index contributed by atoms with van der Waals surface area (Å²) in [7, 11) is 0. The van der Waals surface area contributed by atoms with Gasteiger partial charge >= 0.3 is 0 Å². The van der Waals surface area contributed by atoms with Crippen molar-refractivity contribution in [2.45, 2.75) is 32.8 Å². The molecule has 1 fully saturated rings. The fourth-order valence-electron chi connectivity index (χ4n) is 3.36. The first-order valence-corrected chi connectivity index (χ1v) is 11.0. The molecule has 31 heavy (non-hydrogen) atoms. The Balaban J connectivity index is 1.65. The fourth-order valence-corrected chi connectivity index (χ4v) is 3.69. The molecule has 2 aromatic carbocycles. The average Bonchev–Trinajstić information content (AvgIpc) is 3.23. The summed E-state index contributed by atoms with van der Waals surface area (Å²) in [6.07, 6.45) is 1.62. The van der Waals surface area contributed by atoms with Crippen LogP contribution in [0.25, 0.3) is 0 Å². The van der Waals surface area contributed by atoms with Gasteiger partial charge in [-0.05, 0) is 62.1 Å². The summed E-state index contributed by atoms with van der Waals surface area (Å²) in [4.78, 5) is 26.9. The Bertz CT molecular complexity index is 947. The van der Waals surface area contributed by atoms with Gasteiger partial charge in [-0.25, -0.2) is 4.39 Å². The smallest absolute Gasteiger partial charge is 0.261 e. The lowest BCUT2D eigenvalue weighted by atomic mass is 10.1. The molecule has 1 saturated heterocycles. The van der Waals surface area contributed by atoms with Crippen molar-refractivity contribution in [1.29, 1.82) is 0 Å². The number of carbonyl (C=O) groups is 2. The van der Waals surface area contributed by atoms with Crippen molar-refractivity contribution in [2.24, 2.45) is 0 Å². The molecule has 0 aromatic heterocycles. The number of nitrogens with one attached hydrogen (secondary N) is 1. The van der Waals surface area contributed by atoms with E-state index >= 15 is 0 Å². The van der Waals surface area contributed by atoms with Crippen LogP contribution in [0.3, 0.4) is 0 Å². The number of hydrogen-bond donors (Lipinski definition) is 1. The molecule has 0 spiro atoms. The molecule has 3 rings (SSSR count). The van der Waals surface area contributed by atoms with Gasteiger partial charge in [0.2, 0.25) is 5.91 Å². The SMILES string of the molecule is Cc1cccc(NC(=O)CN(CC2CCCO2)C(=O)COc2ccc(Br)cc2F)c1C. The molecule has 0 radical (unpaired) electrons. The molecule has 2 aromatic rings. The van der Waals surface area contributed by atoms with E-state index in [-0.39, 0.29) is 37.5 Å². The second-order valence-electron chi connectivity index (χ2n) is 7.57. The summed E-state index contributed by atoms with van der Waals surface area (Å²) in [5.41, 5.74) is 2.75. The third-order valence-corrected chi connectivity index (χ3v) is 5.75. The number of amides is 2. The molecule has 1 atom stereocenters. The van der Waals surface area contributed by atoms with E-state index in [2.05, 4.69) is 21.2 Å². The van der Waals surface area contributed by atoms with Crippen molar-refractivity contribution in [3.63, 3.8) is 0 Å². The number of hydrogen-bond acceptors (Lipinski definition) is 4. The van der Waals surface area contributed by atoms with Crippen LogP contribution >= 0.6 is 15.9 Å². The highest BCUT2D eigenvalue weighted by molar-refractivity contribution is 9.10. The highest BCUT2D eigenvalue weighted by atomic mass is 79.9. The fraction of sp³-hybridized carbons (Fsp3) is 0.391. The van der Waals surface area contributed by atoms with Crippen LogP contribution in [-0.4, -0.2) is 49.1 Å². The van der Waals surface area contributed by atoms with E-state index in [1.807, 2.05) is 32.0 Å². The lowest BCUT2D eigenvalue weighted by molar-refractivity contribution is -0.138. The zero-order valence-electron chi connectivity index (χ0n) is 17.6. The van der Waals surface area contributed by atoms with Gasteiger partial charge in [-0.3, -0.25) is 9.59 Å². The molecule has 166 valence electrons. The van der Waals surface area contributed by atoms with Gasteiger partial charge in [-0.2, -0.15) is 0 Å². The quantitative estimate of drug-likeness (QED) is 0.598. The first kappa shape index (κ1) is 23.2. The van der Waals surface area contributed by atoms with Gasteiger partial charge in [0, 0.05) is 23.3 Å². The van der Waals surface area contributed by atoms with Crippen LogP contribution < -0.4 is 10.1 Å². The van der Waals surface area contributed by atoms with Gasteiger partial charge in [0.05, 0.1) is 6.10 Å². The molecule has 1 aliphatic heterocycles. The Morgan fingerprint density at radius 3 is 2.81 bits per heavy atom. The van der Waals surface area contributed by atoms with Crippen molar-refractivity contribution in [1.82, 2.24) is 4.90 Å². The molecule has 0 bridgehead atoms. The standard InChI is InChI=1S/C23H26BrFN2O4/c1-15-5-3-7-20(16(15)2)26-22(28)13-27(12-18-6-4-10-30-18)23(29)14-31-21-9-8-17(24)11-19(21)25/h3,5,7-9,11,18H,4,6,10,12-14H2,1-2H3,(H,26,28). The Morgan fingerprint density at radius 1 is 1.29 bits per heavy atom. The summed E-state index contributed by atoms with van der Waals surface area (Å²) in [5, 5.41) is 2.87. The predicted molar refractivity (Wildman–Crippen MR) is 120 cm³/mol. The van der Waals surface area contributed by atoms with Crippen LogP contribution in [0.1, 0.15) is 24.0 Å². The van der Waals surface area contributed by atoms with Crippen LogP contribution in [0.5, 0.6) is 5.75 Å². The molecule has 1 unspecified atom stereocenters. The van der Waals surface area contributed by atoms with Crippen molar-refractivity contribution >= 4 is 33.4 Å². The first-order valence-electron chi connectivity index (χ1n) is 10.2. The number of carbonyl (C=O) groups excluding carboxylic acids is 2. The molecule has 0 saturated carbocycles. The number of nitrogens with zero attached hydrogens (tertiary/aromatic N) is 1. The van der Waals surface area contributed by atoms with Crippen LogP contribution in [0.4, 0.5) is 10.1 Å². The molecule has 1 heterocycles. The lowest BCUT2D eigenvalue weighted by Gasteiger charge is -2.25. The molecule has 6 nitrogen and oxygen atoms in total. The van der Waals surface area contributed by atoms with Gasteiger partial charge in [-0.15, -0.1) is 0 Å². The molecule has 0 aliphatic carbocycles. The lowest BCUT2D eigenvalue weighted by Crippen LogP contribution is -2.44. The van der Waals surface area contributed by atoms with E-state index in [1.165, 1.54) is 17.0 Å². The first-order chi connectivity index (χ1) is 14.8. The number of anilines is 1. The average molecular weight is 493 g/mol. The number of aryl methyl sites for hydroxylation is 1. The van der Waals surface area contributed by atoms with Crippen molar-refractivity contribution < 1.29 is 23.5 Å². The third-order valence-electron chi connectivity index (χ3n) is 5.26. The normalized spacial score (nSPS) is 15.5. The largest absolute Gasteiger partial charge is 0.481 e.